The van der Waals surface area contributed by atoms with Gasteiger partial charge >= 0.3 is 0 Å². The molecule has 6 heteroatoms. The number of rotatable bonds is 5. The fraction of sp³-hybridized carbons (Fsp3) is 0.176. The summed E-state index contributed by atoms with van der Waals surface area (Å²) in [5.41, 5.74) is 2.19. The van der Waals surface area contributed by atoms with E-state index in [1.807, 2.05) is 6.92 Å². The zero-order chi connectivity index (χ0) is 16.8. The van der Waals surface area contributed by atoms with Gasteiger partial charge in [-0.3, -0.25) is 9.59 Å². The van der Waals surface area contributed by atoms with E-state index in [0.717, 1.165) is 17.3 Å². The predicted octanol–water partition coefficient (Wildman–Crippen LogP) is 3.82. The number of benzene rings is 2. The molecule has 0 saturated heterocycles. The Hall–Kier alpha value is -2.34. The first-order valence-electron chi connectivity index (χ1n) is 7.01. The summed E-state index contributed by atoms with van der Waals surface area (Å²) < 4.78 is 13.5. The molecule has 2 rings (SSSR count). The van der Waals surface area contributed by atoms with Crippen LogP contribution in [-0.4, -0.2) is 17.6 Å². The largest absolute Gasteiger partial charge is 0.326 e. The van der Waals surface area contributed by atoms with E-state index in [0.29, 0.717) is 16.3 Å². The molecule has 0 spiro atoms. The molecule has 2 aromatic rings. The summed E-state index contributed by atoms with van der Waals surface area (Å²) in [7, 11) is 0. The highest BCUT2D eigenvalue weighted by Gasteiger charge is 2.08. The summed E-state index contributed by atoms with van der Waals surface area (Å²) in [5, 5.41) is 5.47. The van der Waals surface area contributed by atoms with Gasteiger partial charge in [0.2, 0.25) is 11.8 Å². The predicted molar refractivity (Wildman–Crippen MR) is 91.2 cm³/mol. The molecule has 4 nitrogen and oxygen atoms in total. The maximum atomic E-state index is 13.5. The average Bonchev–Trinajstić information content (AvgIpc) is 2.49. The molecule has 0 radical (unpaired) electrons. The van der Waals surface area contributed by atoms with Crippen LogP contribution < -0.4 is 10.6 Å². The second-order valence-corrected chi connectivity index (χ2v) is 6.00. The lowest BCUT2D eigenvalue weighted by molar-refractivity contribution is -0.114. The molecule has 0 aromatic heterocycles. The molecule has 0 unspecified atom stereocenters. The Morgan fingerprint density at radius 2 is 1.87 bits per heavy atom. The molecule has 2 N–H and O–H groups in total. The molecule has 0 aliphatic heterocycles. The third kappa shape index (κ3) is 5.10. The Morgan fingerprint density at radius 1 is 1.13 bits per heavy atom. The second-order valence-electron chi connectivity index (χ2n) is 4.98. The molecule has 0 atom stereocenters. The summed E-state index contributed by atoms with van der Waals surface area (Å²) in [6, 6.07) is 11.6. The fourth-order valence-electron chi connectivity index (χ4n) is 1.97. The first-order chi connectivity index (χ1) is 11.0. The van der Waals surface area contributed by atoms with Gasteiger partial charge < -0.3 is 10.6 Å². The normalized spacial score (nSPS) is 10.2. The van der Waals surface area contributed by atoms with Crippen LogP contribution in [0.3, 0.4) is 0 Å². The van der Waals surface area contributed by atoms with E-state index >= 15 is 0 Å². The highest BCUT2D eigenvalue weighted by atomic mass is 32.2. The number of nitrogens with one attached hydrogen (secondary N) is 2. The fourth-order valence-corrected chi connectivity index (χ4v) is 2.71. The van der Waals surface area contributed by atoms with Gasteiger partial charge in [0.15, 0.2) is 0 Å². The van der Waals surface area contributed by atoms with Gasteiger partial charge in [0, 0.05) is 23.2 Å². The van der Waals surface area contributed by atoms with Crippen LogP contribution >= 0.6 is 11.8 Å². The quantitative estimate of drug-likeness (QED) is 0.818. The molecule has 0 saturated carbocycles. The van der Waals surface area contributed by atoms with Crippen molar-refractivity contribution in [1.29, 1.82) is 0 Å². The van der Waals surface area contributed by atoms with Crippen molar-refractivity contribution < 1.29 is 14.0 Å². The molecular formula is C17H17FN2O2S. The van der Waals surface area contributed by atoms with Gasteiger partial charge in [0.25, 0.3) is 0 Å². The van der Waals surface area contributed by atoms with Crippen LogP contribution in [0, 0.1) is 12.7 Å². The van der Waals surface area contributed by atoms with Crippen molar-refractivity contribution >= 4 is 35.0 Å². The van der Waals surface area contributed by atoms with E-state index in [1.165, 1.54) is 13.0 Å². The zero-order valence-corrected chi connectivity index (χ0v) is 13.7. The van der Waals surface area contributed by atoms with Crippen molar-refractivity contribution in [2.45, 2.75) is 18.7 Å². The summed E-state index contributed by atoms with van der Waals surface area (Å²) in [6.45, 7) is 3.28. The van der Waals surface area contributed by atoms with E-state index in [-0.39, 0.29) is 23.4 Å². The van der Waals surface area contributed by atoms with Crippen molar-refractivity contribution in [2.75, 3.05) is 16.4 Å². The number of anilines is 2. The van der Waals surface area contributed by atoms with Gasteiger partial charge in [0.05, 0.1) is 5.75 Å². The molecule has 0 fully saturated rings. The average molecular weight is 332 g/mol. The summed E-state index contributed by atoms with van der Waals surface area (Å²) >= 11 is 1.15. The van der Waals surface area contributed by atoms with Crippen LogP contribution in [0.1, 0.15) is 12.5 Å². The molecule has 0 bridgehead atoms. The van der Waals surface area contributed by atoms with Gasteiger partial charge in [-0.15, -0.1) is 11.8 Å². The lowest BCUT2D eigenvalue weighted by atomic mass is 10.1. The molecule has 0 aliphatic carbocycles. The topological polar surface area (TPSA) is 58.2 Å². The lowest BCUT2D eigenvalue weighted by Crippen LogP contribution is -2.14. The Kier molecular flexibility index (Phi) is 5.76. The van der Waals surface area contributed by atoms with Crippen molar-refractivity contribution in [3.05, 3.63) is 53.8 Å². The maximum absolute atomic E-state index is 13.5. The third-order valence-corrected chi connectivity index (χ3v) is 4.06. The minimum absolute atomic E-state index is 0.118. The number of thioether (sulfide) groups is 1. The second kappa shape index (κ2) is 7.78. The van der Waals surface area contributed by atoms with Gasteiger partial charge in [-0.2, -0.15) is 0 Å². The minimum Gasteiger partial charge on any atom is -0.326 e. The number of aryl methyl sites for hydroxylation is 1. The van der Waals surface area contributed by atoms with Crippen LogP contribution in [-0.2, 0) is 9.59 Å². The Morgan fingerprint density at radius 3 is 2.52 bits per heavy atom. The molecule has 120 valence electrons. The summed E-state index contributed by atoms with van der Waals surface area (Å²) in [6.07, 6.45) is 0. The number of hydrogen-bond acceptors (Lipinski definition) is 3. The van der Waals surface area contributed by atoms with E-state index < -0.39 is 0 Å². The Bertz CT molecular complexity index is 734. The number of hydrogen-bond donors (Lipinski definition) is 2. The Balaban J connectivity index is 1.94. The Labute approximate surface area is 138 Å². The van der Waals surface area contributed by atoms with Crippen molar-refractivity contribution in [3.63, 3.8) is 0 Å². The van der Waals surface area contributed by atoms with Crippen LogP contribution in [0.25, 0.3) is 0 Å². The van der Waals surface area contributed by atoms with Crippen LogP contribution in [0.5, 0.6) is 0 Å². The van der Waals surface area contributed by atoms with Gasteiger partial charge in [-0.1, -0.05) is 12.1 Å². The summed E-state index contributed by atoms with van der Waals surface area (Å²) in [4.78, 5) is 23.5. The highest BCUT2D eigenvalue weighted by Crippen LogP contribution is 2.22. The first-order valence-corrected chi connectivity index (χ1v) is 7.99. The minimum atomic E-state index is -0.333. The molecular weight excluding hydrogens is 315 g/mol. The smallest absolute Gasteiger partial charge is 0.234 e. The molecule has 0 aliphatic rings. The highest BCUT2D eigenvalue weighted by molar-refractivity contribution is 8.00. The van der Waals surface area contributed by atoms with E-state index in [4.69, 9.17) is 0 Å². The van der Waals surface area contributed by atoms with Crippen molar-refractivity contribution in [2.24, 2.45) is 0 Å². The first kappa shape index (κ1) is 17.0. The monoisotopic (exact) mass is 332 g/mol. The molecule has 2 aromatic carbocycles. The van der Waals surface area contributed by atoms with Crippen molar-refractivity contribution in [1.82, 2.24) is 0 Å². The lowest BCUT2D eigenvalue weighted by Gasteiger charge is -2.10. The molecule has 23 heavy (non-hydrogen) atoms. The van der Waals surface area contributed by atoms with Gasteiger partial charge in [-0.05, 0) is 42.8 Å². The van der Waals surface area contributed by atoms with Crippen LogP contribution in [0.4, 0.5) is 15.8 Å². The third-order valence-electron chi connectivity index (χ3n) is 3.02. The van der Waals surface area contributed by atoms with E-state index in [2.05, 4.69) is 10.6 Å². The van der Waals surface area contributed by atoms with Crippen LogP contribution in [0.2, 0.25) is 0 Å². The zero-order valence-electron chi connectivity index (χ0n) is 12.9. The molecule has 0 heterocycles. The number of carbonyl (C=O) groups is 2. The summed E-state index contributed by atoms with van der Waals surface area (Å²) in [5.74, 6) is -0.579. The molecule has 2 amide bonds. The standard InChI is InChI=1S/C17H17FN2O2S/c1-11-9-13(7-8-15(11)19-12(2)21)20-17(22)10-23-16-6-4-3-5-14(16)18/h3-9H,10H2,1-2H3,(H,19,21)(H,20,22). The van der Waals surface area contributed by atoms with E-state index in [1.54, 1.807) is 36.4 Å². The SMILES string of the molecule is CC(=O)Nc1ccc(NC(=O)CSc2ccccc2F)cc1C. The maximum Gasteiger partial charge on any atom is 0.234 e. The van der Waals surface area contributed by atoms with Gasteiger partial charge in [0.1, 0.15) is 5.82 Å². The number of halogens is 1. The number of amides is 2. The van der Waals surface area contributed by atoms with Crippen LogP contribution in [0.15, 0.2) is 47.4 Å². The van der Waals surface area contributed by atoms with E-state index in [9.17, 15) is 14.0 Å². The van der Waals surface area contributed by atoms with Crippen molar-refractivity contribution in [3.8, 4) is 0 Å². The van der Waals surface area contributed by atoms with Gasteiger partial charge in [-0.25, -0.2) is 4.39 Å². The number of carbonyl (C=O) groups excluding carboxylic acids is 2.